The Balaban J connectivity index is 1.60. The number of nitrogens with one attached hydrogen (secondary N) is 1. The summed E-state index contributed by atoms with van der Waals surface area (Å²) in [4.78, 5) is 19.0. The van der Waals surface area contributed by atoms with Gasteiger partial charge in [-0.1, -0.05) is 35.9 Å². The first kappa shape index (κ1) is 16.6. The second-order valence-corrected chi connectivity index (χ2v) is 6.71. The van der Waals surface area contributed by atoms with E-state index in [9.17, 15) is 4.79 Å². The zero-order valence-corrected chi connectivity index (χ0v) is 15.1. The first-order chi connectivity index (χ1) is 12.6. The van der Waals surface area contributed by atoms with Gasteiger partial charge < -0.3 is 10.2 Å². The maximum Gasteiger partial charge on any atom is 0.276 e. The van der Waals surface area contributed by atoms with Crippen molar-refractivity contribution < 1.29 is 4.79 Å². The van der Waals surface area contributed by atoms with E-state index in [1.54, 1.807) is 17.2 Å². The van der Waals surface area contributed by atoms with Gasteiger partial charge in [-0.25, -0.2) is 0 Å². The first-order valence-electron chi connectivity index (χ1n) is 8.51. The van der Waals surface area contributed by atoms with Gasteiger partial charge >= 0.3 is 0 Å². The lowest BCUT2D eigenvalue weighted by atomic mass is 10.2. The zero-order valence-electron chi connectivity index (χ0n) is 14.4. The molecule has 1 amide bonds. The highest BCUT2D eigenvalue weighted by atomic mass is 35.5. The van der Waals surface area contributed by atoms with Gasteiger partial charge in [0.05, 0.1) is 0 Å². The maximum atomic E-state index is 12.9. The van der Waals surface area contributed by atoms with Crippen molar-refractivity contribution in [1.29, 1.82) is 0 Å². The number of hydrogen-bond acceptors (Lipinski definition) is 3. The number of carbonyl (C=O) groups excluding carboxylic acids is 1. The molecule has 1 N–H and O–H groups in total. The Morgan fingerprint density at radius 1 is 1.15 bits per heavy atom. The van der Waals surface area contributed by atoms with Crippen LogP contribution in [0.1, 0.15) is 21.6 Å². The number of fused-ring (bicyclic) bond motifs is 1. The lowest BCUT2D eigenvalue weighted by Crippen LogP contribution is -2.29. The molecule has 0 aliphatic carbocycles. The quantitative estimate of drug-likeness (QED) is 0.713. The number of para-hydroxylation sites is 1. The lowest BCUT2D eigenvalue weighted by Gasteiger charge is -2.17. The number of halogens is 1. The molecule has 0 atom stereocenters. The number of anilines is 3. The molecule has 4 nitrogen and oxygen atoms in total. The third kappa shape index (κ3) is 3.04. The molecular weight excluding hydrogens is 346 g/mol. The summed E-state index contributed by atoms with van der Waals surface area (Å²) in [6.45, 7) is 2.64. The van der Waals surface area contributed by atoms with E-state index in [1.807, 2.05) is 49.4 Å². The van der Waals surface area contributed by atoms with Crippen molar-refractivity contribution >= 4 is 34.6 Å². The Labute approximate surface area is 157 Å². The number of amides is 1. The fourth-order valence-corrected chi connectivity index (χ4v) is 3.39. The molecule has 1 aromatic heterocycles. The molecule has 0 spiro atoms. The highest BCUT2D eigenvalue weighted by molar-refractivity contribution is 6.31. The summed E-state index contributed by atoms with van der Waals surface area (Å²) in [7, 11) is 0. The van der Waals surface area contributed by atoms with Crippen molar-refractivity contribution in [2.24, 2.45) is 0 Å². The molecule has 1 aliphatic heterocycles. The van der Waals surface area contributed by atoms with E-state index < -0.39 is 0 Å². The van der Waals surface area contributed by atoms with E-state index in [4.69, 9.17) is 11.6 Å². The maximum absolute atomic E-state index is 12.9. The summed E-state index contributed by atoms with van der Waals surface area (Å²) in [5.74, 6) is -0.0820. The number of rotatable bonds is 3. The average Bonchev–Trinajstić information content (AvgIpc) is 3.09. The Kier molecular flexibility index (Phi) is 4.35. The molecule has 4 rings (SSSR count). The molecule has 5 heteroatoms. The third-order valence-corrected chi connectivity index (χ3v) is 5.07. The van der Waals surface area contributed by atoms with E-state index in [1.165, 1.54) is 5.56 Å². The topological polar surface area (TPSA) is 45.2 Å². The second-order valence-electron chi connectivity index (χ2n) is 6.30. The molecule has 2 heterocycles. The lowest BCUT2D eigenvalue weighted by molar-refractivity contribution is 0.0984. The number of nitrogens with zero attached hydrogens (tertiary/aromatic N) is 2. The summed E-state index contributed by atoms with van der Waals surface area (Å²) < 4.78 is 0. The highest BCUT2D eigenvalue weighted by Crippen LogP contribution is 2.30. The van der Waals surface area contributed by atoms with Crippen molar-refractivity contribution in [1.82, 2.24) is 4.98 Å². The second kappa shape index (κ2) is 6.81. The fourth-order valence-electron chi connectivity index (χ4n) is 3.21. The summed E-state index contributed by atoms with van der Waals surface area (Å²) >= 11 is 6.18. The Hall–Kier alpha value is -2.85. The molecule has 0 unspecified atom stereocenters. The minimum atomic E-state index is -0.0820. The molecule has 0 bridgehead atoms. The average molecular weight is 364 g/mol. The number of carbonyl (C=O) groups is 1. The molecule has 130 valence electrons. The molecular formula is C21H18ClN3O. The Morgan fingerprint density at radius 2 is 2.00 bits per heavy atom. The Morgan fingerprint density at radius 3 is 2.88 bits per heavy atom. The summed E-state index contributed by atoms with van der Waals surface area (Å²) in [6.07, 6.45) is 2.53. The van der Waals surface area contributed by atoms with Crippen LogP contribution >= 0.6 is 11.6 Å². The number of aromatic nitrogens is 1. The van der Waals surface area contributed by atoms with Crippen LogP contribution in [0.3, 0.4) is 0 Å². The smallest absolute Gasteiger partial charge is 0.276 e. The molecule has 3 aromatic rings. The molecule has 0 saturated heterocycles. The number of benzene rings is 2. The molecule has 0 radical (unpaired) electrons. The van der Waals surface area contributed by atoms with E-state index in [-0.39, 0.29) is 5.91 Å². The van der Waals surface area contributed by atoms with Crippen molar-refractivity contribution in [3.63, 3.8) is 0 Å². The van der Waals surface area contributed by atoms with Crippen molar-refractivity contribution in [2.45, 2.75) is 13.3 Å². The normalized spacial score (nSPS) is 12.8. The first-order valence-corrected chi connectivity index (χ1v) is 8.89. The number of hydrogen-bond donors (Lipinski definition) is 1. The summed E-state index contributed by atoms with van der Waals surface area (Å²) in [5.41, 5.74) is 5.28. The summed E-state index contributed by atoms with van der Waals surface area (Å²) in [5, 5.41) is 4.03. The van der Waals surface area contributed by atoms with Gasteiger partial charge in [-0.2, -0.15) is 0 Å². The van der Waals surface area contributed by atoms with Crippen LogP contribution in [0.25, 0.3) is 0 Å². The largest absolute Gasteiger partial charge is 0.355 e. The van der Waals surface area contributed by atoms with Crippen LogP contribution in [0.4, 0.5) is 17.1 Å². The molecule has 0 saturated carbocycles. The standard InChI is InChI=1S/C21H18ClN3O/c1-14-17(22)6-4-7-18(14)24-16-9-11-23-19(13-16)21(26)25-12-10-15-5-2-3-8-20(15)25/h2-9,11,13H,10,12H2,1H3,(H,23,24). The monoisotopic (exact) mass is 363 g/mol. The van der Waals surface area contributed by atoms with Crippen molar-refractivity contribution in [3.8, 4) is 0 Å². The predicted molar refractivity (Wildman–Crippen MR) is 106 cm³/mol. The van der Waals surface area contributed by atoms with E-state index in [2.05, 4.69) is 16.4 Å². The third-order valence-electron chi connectivity index (χ3n) is 4.66. The van der Waals surface area contributed by atoms with Gasteiger partial charge in [-0.3, -0.25) is 9.78 Å². The van der Waals surface area contributed by atoms with Crippen molar-refractivity contribution in [3.05, 3.63) is 82.6 Å². The predicted octanol–water partition coefficient (Wildman–Crippen LogP) is 4.99. The SMILES string of the molecule is Cc1c(Cl)cccc1Nc1ccnc(C(=O)N2CCc3ccccc32)c1. The van der Waals surface area contributed by atoms with Crippen LogP contribution in [0.2, 0.25) is 5.02 Å². The van der Waals surface area contributed by atoms with Gasteiger partial charge in [0.2, 0.25) is 0 Å². The Bertz CT molecular complexity index is 986. The zero-order chi connectivity index (χ0) is 18.1. The van der Waals surface area contributed by atoms with Gasteiger partial charge in [0.25, 0.3) is 5.91 Å². The van der Waals surface area contributed by atoms with Gasteiger partial charge in [0.15, 0.2) is 0 Å². The van der Waals surface area contributed by atoms with Gasteiger partial charge in [-0.15, -0.1) is 0 Å². The number of pyridine rings is 1. The van der Waals surface area contributed by atoms with Crippen LogP contribution in [0, 0.1) is 6.92 Å². The molecule has 0 fully saturated rings. The fraction of sp³-hybridized carbons (Fsp3) is 0.143. The van der Waals surface area contributed by atoms with Gasteiger partial charge in [0, 0.05) is 34.8 Å². The van der Waals surface area contributed by atoms with E-state index in [0.717, 1.165) is 29.0 Å². The molecule has 1 aliphatic rings. The highest BCUT2D eigenvalue weighted by Gasteiger charge is 2.26. The van der Waals surface area contributed by atoms with E-state index >= 15 is 0 Å². The van der Waals surface area contributed by atoms with Crippen LogP contribution in [0.5, 0.6) is 0 Å². The van der Waals surface area contributed by atoms with Gasteiger partial charge in [-0.05, 0) is 54.8 Å². The van der Waals surface area contributed by atoms with E-state index in [0.29, 0.717) is 17.3 Å². The molecule has 26 heavy (non-hydrogen) atoms. The summed E-state index contributed by atoms with van der Waals surface area (Å²) in [6, 6.07) is 17.3. The van der Waals surface area contributed by atoms with Crippen LogP contribution in [-0.2, 0) is 6.42 Å². The van der Waals surface area contributed by atoms with Crippen molar-refractivity contribution in [2.75, 3.05) is 16.8 Å². The minimum absolute atomic E-state index is 0.0820. The molecule has 2 aromatic carbocycles. The van der Waals surface area contributed by atoms with Gasteiger partial charge in [0.1, 0.15) is 5.69 Å². The van der Waals surface area contributed by atoms with Crippen LogP contribution in [-0.4, -0.2) is 17.4 Å². The van der Waals surface area contributed by atoms with Crippen LogP contribution in [0.15, 0.2) is 60.8 Å². The van der Waals surface area contributed by atoms with Crippen LogP contribution < -0.4 is 10.2 Å². The minimum Gasteiger partial charge on any atom is -0.355 e.